The molecule has 0 aliphatic carbocycles. The van der Waals surface area contributed by atoms with Crippen molar-refractivity contribution in [2.75, 3.05) is 0 Å². The average molecular weight is 201 g/mol. The van der Waals surface area contributed by atoms with Crippen LogP contribution in [0.3, 0.4) is 0 Å². The Kier molecular flexibility index (Phi) is 2.37. The molecule has 3 nitrogen and oxygen atoms in total. The molecule has 0 fully saturated rings. The fraction of sp³-hybridized carbons (Fsp3) is 0.167. The maximum atomic E-state index is 11.3. The van der Waals surface area contributed by atoms with Crippen LogP contribution >= 0.6 is 0 Å². The van der Waals surface area contributed by atoms with Gasteiger partial charge in [0.25, 0.3) is 0 Å². The summed E-state index contributed by atoms with van der Waals surface area (Å²) in [6.07, 6.45) is 1.74. The monoisotopic (exact) mass is 201 g/mol. The number of hydrogen-bond donors (Lipinski definition) is 0. The molecule has 2 rings (SSSR count). The van der Waals surface area contributed by atoms with Crippen LogP contribution < -0.4 is 0 Å². The van der Waals surface area contributed by atoms with Gasteiger partial charge in [0.2, 0.25) is 0 Å². The molecule has 0 aromatic heterocycles. The Hall–Kier alpha value is -1.90. The molecule has 1 aromatic carbocycles. The molecule has 0 saturated carbocycles. The van der Waals surface area contributed by atoms with Gasteiger partial charge in [0.15, 0.2) is 11.6 Å². The largest absolute Gasteiger partial charge is 0.407 e. The van der Waals surface area contributed by atoms with Gasteiger partial charge in [-0.1, -0.05) is 24.3 Å². The summed E-state index contributed by atoms with van der Waals surface area (Å²) >= 11 is 0. The van der Waals surface area contributed by atoms with Gasteiger partial charge in [0.05, 0.1) is 0 Å². The summed E-state index contributed by atoms with van der Waals surface area (Å²) in [5, 5.41) is 0. The number of rotatable bonds is 1. The molecule has 0 atom stereocenters. The zero-order valence-corrected chi connectivity index (χ0v) is 8.65. The number of carbonyl (C=O) groups excluding carboxylic acids is 1. The lowest BCUT2D eigenvalue weighted by molar-refractivity contribution is -0.130. The van der Waals surface area contributed by atoms with Crippen molar-refractivity contribution in [3.63, 3.8) is 0 Å². The molecule has 0 spiro atoms. The highest BCUT2D eigenvalue weighted by molar-refractivity contribution is 6.06. The maximum Gasteiger partial charge on any atom is 0.363 e. The highest BCUT2D eigenvalue weighted by Crippen LogP contribution is 2.17. The molecule has 0 saturated heterocycles. The van der Waals surface area contributed by atoms with Crippen LogP contribution in [0.5, 0.6) is 0 Å². The lowest BCUT2D eigenvalue weighted by atomic mass is 10.1. The number of hydrogen-bond acceptors (Lipinski definition) is 3. The van der Waals surface area contributed by atoms with E-state index in [0.29, 0.717) is 11.6 Å². The van der Waals surface area contributed by atoms with Gasteiger partial charge in [-0.15, -0.1) is 0 Å². The Morgan fingerprint density at radius 2 is 2.00 bits per heavy atom. The number of ether oxygens (including phenoxy) is 1. The first-order valence-electron chi connectivity index (χ1n) is 4.71. The number of nitrogens with zero attached hydrogens (tertiary/aromatic N) is 1. The van der Waals surface area contributed by atoms with Gasteiger partial charge in [-0.3, -0.25) is 0 Å². The van der Waals surface area contributed by atoms with Crippen LogP contribution in [0.15, 0.2) is 35.0 Å². The van der Waals surface area contributed by atoms with Crippen molar-refractivity contribution < 1.29 is 9.53 Å². The predicted octanol–water partition coefficient (Wildman–Crippen LogP) is 2.31. The molecule has 0 radical (unpaired) electrons. The number of esters is 1. The van der Waals surface area contributed by atoms with Gasteiger partial charge in [-0.05, 0) is 24.1 Å². The van der Waals surface area contributed by atoms with Crippen LogP contribution in [0, 0.1) is 6.92 Å². The van der Waals surface area contributed by atoms with Crippen LogP contribution in [0.1, 0.15) is 18.1 Å². The highest BCUT2D eigenvalue weighted by Gasteiger charge is 2.19. The zero-order valence-electron chi connectivity index (χ0n) is 8.65. The minimum Gasteiger partial charge on any atom is -0.407 e. The van der Waals surface area contributed by atoms with Crippen molar-refractivity contribution in [3.05, 3.63) is 41.1 Å². The first kappa shape index (κ1) is 9.65. The molecule has 1 aromatic rings. The van der Waals surface area contributed by atoms with Crippen LogP contribution in [0.2, 0.25) is 0 Å². The van der Waals surface area contributed by atoms with Crippen LogP contribution in [0.25, 0.3) is 6.08 Å². The quantitative estimate of drug-likeness (QED) is 0.516. The smallest absolute Gasteiger partial charge is 0.363 e. The number of aryl methyl sites for hydroxylation is 1. The van der Waals surface area contributed by atoms with E-state index in [-0.39, 0.29) is 5.97 Å². The Bertz CT molecular complexity index is 472. The van der Waals surface area contributed by atoms with Gasteiger partial charge in [0, 0.05) is 6.92 Å². The molecular weight excluding hydrogens is 190 g/mol. The number of cyclic esters (lactones) is 1. The van der Waals surface area contributed by atoms with Crippen molar-refractivity contribution in [2.24, 2.45) is 4.99 Å². The average Bonchev–Trinajstić information content (AvgIpc) is 2.49. The van der Waals surface area contributed by atoms with Crippen molar-refractivity contribution in [1.82, 2.24) is 0 Å². The normalized spacial score (nSPS) is 17.9. The molecule has 0 unspecified atom stereocenters. The lowest BCUT2D eigenvalue weighted by Crippen LogP contribution is -1.99. The molecule has 3 heteroatoms. The zero-order chi connectivity index (χ0) is 10.8. The van der Waals surface area contributed by atoms with Crippen LogP contribution in [-0.4, -0.2) is 11.9 Å². The minimum atomic E-state index is -0.379. The summed E-state index contributed by atoms with van der Waals surface area (Å²) < 4.78 is 4.83. The number of carbonyl (C=O) groups is 1. The Morgan fingerprint density at radius 1 is 1.27 bits per heavy atom. The second-order valence-electron chi connectivity index (χ2n) is 3.41. The number of aliphatic imine (C=N–C) groups is 1. The summed E-state index contributed by atoms with van der Waals surface area (Å²) in [6.45, 7) is 3.65. The molecule has 15 heavy (non-hydrogen) atoms. The second-order valence-corrected chi connectivity index (χ2v) is 3.41. The van der Waals surface area contributed by atoms with Crippen molar-refractivity contribution in [1.29, 1.82) is 0 Å². The summed E-state index contributed by atoms with van der Waals surface area (Å²) in [5.74, 6) is 0.0237. The van der Waals surface area contributed by atoms with Gasteiger partial charge < -0.3 is 4.74 Å². The van der Waals surface area contributed by atoms with E-state index in [4.69, 9.17) is 4.74 Å². The summed E-state index contributed by atoms with van der Waals surface area (Å²) in [6, 6.07) is 7.82. The van der Waals surface area contributed by atoms with Crippen molar-refractivity contribution in [2.45, 2.75) is 13.8 Å². The molecule has 1 aliphatic heterocycles. The standard InChI is InChI=1S/C12H11NO2/c1-8-5-3-4-6-10(8)7-11-12(14)15-9(2)13-11/h3-7H,1-2H3/b11-7-. The molecule has 76 valence electrons. The van der Waals surface area contributed by atoms with E-state index < -0.39 is 0 Å². The third-order valence-electron chi connectivity index (χ3n) is 2.21. The Balaban J connectivity index is 2.39. The second kappa shape index (κ2) is 3.69. The first-order chi connectivity index (χ1) is 7.16. The molecule has 0 bridgehead atoms. The summed E-state index contributed by atoms with van der Waals surface area (Å²) in [7, 11) is 0. The lowest BCUT2D eigenvalue weighted by Gasteiger charge is -1.98. The minimum absolute atomic E-state index is 0.363. The van der Waals surface area contributed by atoms with E-state index in [1.54, 1.807) is 13.0 Å². The maximum absolute atomic E-state index is 11.3. The van der Waals surface area contributed by atoms with Gasteiger partial charge >= 0.3 is 5.97 Å². The van der Waals surface area contributed by atoms with E-state index in [0.717, 1.165) is 11.1 Å². The third-order valence-corrected chi connectivity index (χ3v) is 2.21. The van der Waals surface area contributed by atoms with Gasteiger partial charge in [0.1, 0.15) is 0 Å². The van der Waals surface area contributed by atoms with E-state index in [1.807, 2.05) is 31.2 Å². The molecular formula is C12H11NO2. The first-order valence-corrected chi connectivity index (χ1v) is 4.71. The predicted molar refractivity (Wildman–Crippen MR) is 58.4 cm³/mol. The summed E-state index contributed by atoms with van der Waals surface area (Å²) in [4.78, 5) is 15.3. The fourth-order valence-corrected chi connectivity index (χ4v) is 1.41. The molecule has 1 heterocycles. The van der Waals surface area contributed by atoms with Crippen molar-refractivity contribution >= 4 is 17.9 Å². The summed E-state index contributed by atoms with van der Waals surface area (Å²) in [5.41, 5.74) is 2.46. The molecule has 0 amide bonds. The van der Waals surface area contributed by atoms with E-state index >= 15 is 0 Å². The van der Waals surface area contributed by atoms with Crippen LogP contribution in [0.4, 0.5) is 0 Å². The van der Waals surface area contributed by atoms with Crippen molar-refractivity contribution in [3.8, 4) is 0 Å². The van der Waals surface area contributed by atoms with E-state index in [1.165, 1.54) is 0 Å². The third kappa shape index (κ3) is 1.96. The van der Waals surface area contributed by atoms with Gasteiger partial charge in [-0.25, -0.2) is 9.79 Å². The fourth-order valence-electron chi connectivity index (χ4n) is 1.41. The molecule has 1 aliphatic rings. The Morgan fingerprint density at radius 3 is 2.60 bits per heavy atom. The van der Waals surface area contributed by atoms with E-state index in [9.17, 15) is 4.79 Å². The Labute approximate surface area is 88.1 Å². The molecule has 0 N–H and O–H groups in total. The van der Waals surface area contributed by atoms with Gasteiger partial charge in [-0.2, -0.15) is 0 Å². The topological polar surface area (TPSA) is 38.7 Å². The number of benzene rings is 1. The van der Waals surface area contributed by atoms with E-state index in [2.05, 4.69) is 4.99 Å². The SMILES string of the molecule is CC1=N/C(=C\c2ccccc2C)C(=O)O1. The van der Waals surface area contributed by atoms with Crippen LogP contribution in [-0.2, 0) is 9.53 Å². The highest BCUT2D eigenvalue weighted by atomic mass is 16.6.